The summed E-state index contributed by atoms with van der Waals surface area (Å²) in [6, 6.07) is 8.18. The SMILES string of the molecule is N#Cc1cn(S)c2ncc(-c3cccs3)cc12. The van der Waals surface area contributed by atoms with Crippen LogP contribution in [0.15, 0.2) is 36.0 Å². The molecule has 3 aromatic heterocycles. The van der Waals surface area contributed by atoms with Crippen LogP contribution in [0.5, 0.6) is 0 Å². The van der Waals surface area contributed by atoms with Crippen LogP contribution in [0, 0.1) is 11.3 Å². The molecule has 0 aromatic carbocycles. The van der Waals surface area contributed by atoms with Crippen molar-refractivity contribution in [1.29, 1.82) is 5.26 Å². The Balaban J connectivity index is 2.29. The average molecular weight is 257 g/mol. The van der Waals surface area contributed by atoms with Gasteiger partial charge in [0.1, 0.15) is 6.07 Å². The number of hydrogen-bond donors (Lipinski definition) is 1. The second-order valence-electron chi connectivity index (χ2n) is 3.57. The highest BCUT2D eigenvalue weighted by atomic mass is 32.1. The number of hydrogen-bond acceptors (Lipinski definition) is 4. The number of rotatable bonds is 1. The summed E-state index contributed by atoms with van der Waals surface area (Å²) >= 11 is 5.90. The molecule has 0 atom stereocenters. The number of fused-ring (bicyclic) bond motifs is 1. The number of nitrogens with zero attached hydrogens (tertiary/aromatic N) is 3. The third kappa shape index (κ3) is 1.62. The average Bonchev–Trinajstić information content (AvgIpc) is 2.97. The van der Waals surface area contributed by atoms with Crippen LogP contribution in [-0.4, -0.2) is 8.96 Å². The van der Waals surface area contributed by atoms with Gasteiger partial charge in [-0.15, -0.1) is 11.3 Å². The predicted octanol–water partition coefficient (Wildman–Crippen LogP) is 3.33. The number of thiol groups is 1. The lowest BCUT2D eigenvalue weighted by atomic mass is 10.1. The number of nitriles is 1. The van der Waals surface area contributed by atoms with E-state index in [0.29, 0.717) is 11.2 Å². The predicted molar refractivity (Wildman–Crippen MR) is 72.1 cm³/mol. The van der Waals surface area contributed by atoms with Crippen molar-refractivity contribution in [3.63, 3.8) is 0 Å². The zero-order valence-corrected chi connectivity index (χ0v) is 10.4. The minimum Gasteiger partial charge on any atom is -0.276 e. The fraction of sp³-hybridized carbons (Fsp3) is 0. The fourth-order valence-electron chi connectivity index (χ4n) is 1.76. The van der Waals surface area contributed by atoms with Crippen LogP contribution in [0.4, 0.5) is 0 Å². The molecule has 0 radical (unpaired) electrons. The molecule has 0 amide bonds. The molecular formula is C12H7N3S2. The van der Waals surface area contributed by atoms with Gasteiger partial charge >= 0.3 is 0 Å². The van der Waals surface area contributed by atoms with Gasteiger partial charge in [0, 0.05) is 28.2 Å². The van der Waals surface area contributed by atoms with Crippen molar-refractivity contribution in [2.75, 3.05) is 0 Å². The quantitative estimate of drug-likeness (QED) is 0.679. The molecule has 0 aliphatic carbocycles. The summed E-state index contributed by atoms with van der Waals surface area (Å²) in [6.45, 7) is 0. The molecule has 17 heavy (non-hydrogen) atoms. The van der Waals surface area contributed by atoms with Gasteiger partial charge in [-0.25, -0.2) is 4.98 Å². The number of aromatic nitrogens is 2. The van der Waals surface area contributed by atoms with Gasteiger partial charge in [0.2, 0.25) is 0 Å². The molecule has 3 heterocycles. The zero-order chi connectivity index (χ0) is 11.8. The summed E-state index contributed by atoms with van der Waals surface area (Å²) in [7, 11) is 0. The maximum atomic E-state index is 9.05. The Hall–Kier alpha value is -1.77. The number of thiophene rings is 1. The van der Waals surface area contributed by atoms with Gasteiger partial charge < -0.3 is 0 Å². The summed E-state index contributed by atoms with van der Waals surface area (Å²) in [5, 5.41) is 11.9. The van der Waals surface area contributed by atoms with Crippen LogP contribution in [-0.2, 0) is 0 Å². The van der Waals surface area contributed by atoms with Crippen molar-refractivity contribution in [2.45, 2.75) is 0 Å². The van der Waals surface area contributed by atoms with E-state index in [0.717, 1.165) is 15.8 Å². The van der Waals surface area contributed by atoms with E-state index in [1.807, 2.05) is 29.8 Å². The Kier molecular flexibility index (Phi) is 2.39. The minimum absolute atomic E-state index is 0.598. The molecule has 3 nitrogen and oxygen atoms in total. The normalized spacial score (nSPS) is 10.6. The molecule has 0 bridgehead atoms. The molecular weight excluding hydrogens is 250 g/mol. The van der Waals surface area contributed by atoms with E-state index in [2.05, 4.69) is 23.9 Å². The summed E-state index contributed by atoms with van der Waals surface area (Å²) in [5.41, 5.74) is 2.34. The van der Waals surface area contributed by atoms with Crippen LogP contribution in [0.25, 0.3) is 21.5 Å². The van der Waals surface area contributed by atoms with Crippen molar-refractivity contribution in [1.82, 2.24) is 8.96 Å². The van der Waals surface area contributed by atoms with Gasteiger partial charge in [-0.3, -0.25) is 3.97 Å². The summed E-state index contributed by atoms with van der Waals surface area (Å²) in [4.78, 5) is 5.50. The fourth-order valence-corrected chi connectivity index (χ4v) is 2.74. The lowest BCUT2D eigenvalue weighted by Gasteiger charge is -1.98. The molecule has 82 valence electrons. The zero-order valence-electron chi connectivity index (χ0n) is 8.66. The molecule has 0 unspecified atom stereocenters. The van der Waals surface area contributed by atoms with E-state index >= 15 is 0 Å². The van der Waals surface area contributed by atoms with Crippen LogP contribution < -0.4 is 0 Å². The third-order valence-electron chi connectivity index (χ3n) is 2.55. The van der Waals surface area contributed by atoms with Crippen LogP contribution in [0.1, 0.15) is 5.56 Å². The molecule has 0 aliphatic heterocycles. The first-order valence-corrected chi connectivity index (χ1v) is 6.22. The highest BCUT2D eigenvalue weighted by molar-refractivity contribution is 7.78. The van der Waals surface area contributed by atoms with E-state index in [1.54, 1.807) is 21.5 Å². The van der Waals surface area contributed by atoms with Crippen molar-refractivity contribution in [3.8, 4) is 16.5 Å². The first-order chi connectivity index (χ1) is 8.29. The molecule has 0 saturated carbocycles. The first-order valence-electron chi connectivity index (χ1n) is 4.94. The Morgan fingerprint density at radius 3 is 3.06 bits per heavy atom. The summed E-state index contributed by atoms with van der Waals surface area (Å²) < 4.78 is 1.58. The highest BCUT2D eigenvalue weighted by Crippen LogP contribution is 2.28. The Labute approximate surface area is 107 Å². The van der Waals surface area contributed by atoms with Gasteiger partial charge in [0.05, 0.1) is 5.56 Å². The Morgan fingerprint density at radius 1 is 1.47 bits per heavy atom. The van der Waals surface area contributed by atoms with Gasteiger partial charge in [-0.2, -0.15) is 5.26 Å². The molecule has 0 spiro atoms. The van der Waals surface area contributed by atoms with E-state index in [4.69, 9.17) is 5.26 Å². The van der Waals surface area contributed by atoms with Crippen LogP contribution >= 0.6 is 24.2 Å². The van der Waals surface area contributed by atoms with Crippen molar-refractivity contribution < 1.29 is 0 Å². The standard InChI is InChI=1S/C12H7N3S2/c13-5-9-7-15(16)12-10(9)4-8(6-14-12)11-2-1-3-17-11/h1-4,6-7,16H. The minimum atomic E-state index is 0.598. The Morgan fingerprint density at radius 2 is 2.35 bits per heavy atom. The van der Waals surface area contributed by atoms with E-state index in [9.17, 15) is 0 Å². The van der Waals surface area contributed by atoms with E-state index in [-0.39, 0.29) is 0 Å². The van der Waals surface area contributed by atoms with Crippen LogP contribution in [0.2, 0.25) is 0 Å². The largest absolute Gasteiger partial charge is 0.276 e. The molecule has 0 N–H and O–H groups in total. The summed E-state index contributed by atoms with van der Waals surface area (Å²) in [5.74, 6) is 0. The van der Waals surface area contributed by atoms with Gasteiger partial charge in [-0.05, 0) is 17.5 Å². The molecule has 0 saturated heterocycles. The van der Waals surface area contributed by atoms with E-state index < -0.39 is 0 Å². The first kappa shape index (κ1) is 10.4. The maximum absolute atomic E-state index is 9.05. The molecule has 0 fully saturated rings. The highest BCUT2D eigenvalue weighted by Gasteiger charge is 2.09. The van der Waals surface area contributed by atoms with Crippen molar-refractivity contribution in [3.05, 3.63) is 41.5 Å². The second kappa shape index (κ2) is 3.91. The van der Waals surface area contributed by atoms with Gasteiger partial charge in [0.15, 0.2) is 5.65 Å². The van der Waals surface area contributed by atoms with Crippen molar-refractivity contribution in [2.24, 2.45) is 0 Å². The van der Waals surface area contributed by atoms with Gasteiger partial charge in [-0.1, -0.05) is 18.9 Å². The lowest BCUT2D eigenvalue weighted by molar-refractivity contribution is 1.27. The molecule has 0 aliphatic rings. The smallest absolute Gasteiger partial charge is 0.151 e. The van der Waals surface area contributed by atoms with Crippen LogP contribution in [0.3, 0.4) is 0 Å². The van der Waals surface area contributed by atoms with Gasteiger partial charge in [0.25, 0.3) is 0 Å². The topological polar surface area (TPSA) is 41.6 Å². The lowest BCUT2D eigenvalue weighted by Crippen LogP contribution is -1.83. The monoisotopic (exact) mass is 257 g/mol. The third-order valence-corrected chi connectivity index (χ3v) is 3.78. The second-order valence-corrected chi connectivity index (χ2v) is 4.95. The molecule has 3 rings (SSSR count). The molecule has 3 aromatic rings. The van der Waals surface area contributed by atoms with E-state index in [1.165, 1.54) is 0 Å². The number of pyridine rings is 1. The Bertz CT molecular complexity index is 720. The molecule has 5 heteroatoms. The van der Waals surface area contributed by atoms with Crippen molar-refractivity contribution >= 4 is 35.2 Å². The summed E-state index contributed by atoms with van der Waals surface area (Å²) in [6.07, 6.45) is 3.49. The maximum Gasteiger partial charge on any atom is 0.151 e.